The number of carbonyl (C=O) groups is 2. The van der Waals surface area contributed by atoms with Crippen LogP contribution in [0.15, 0.2) is 48.5 Å². The lowest BCUT2D eigenvalue weighted by atomic mass is 10.2. The van der Waals surface area contributed by atoms with Crippen molar-refractivity contribution >= 4 is 23.2 Å². The molecule has 1 N–H and O–H groups in total. The number of nitrogens with zero attached hydrogens (tertiary/aromatic N) is 1. The number of methoxy groups -OCH3 is 2. The highest BCUT2D eigenvalue weighted by atomic mass is 16.5. The molecule has 0 aliphatic carbocycles. The first-order valence-corrected chi connectivity index (χ1v) is 7.40. The standard InChI is InChI=1S/C18H20N2O4/c1-13(21)20(12-18(22)19-14-7-5-4-6-8-14)15-9-10-16(23-2)17(11-15)24-3/h4-11H,12H2,1-3H3,(H,19,22). The third-order valence-electron chi connectivity index (χ3n) is 3.42. The van der Waals surface area contributed by atoms with Crippen molar-refractivity contribution in [1.82, 2.24) is 0 Å². The molecule has 0 radical (unpaired) electrons. The van der Waals surface area contributed by atoms with Crippen LogP contribution >= 0.6 is 0 Å². The van der Waals surface area contributed by atoms with Crippen LogP contribution in [0.4, 0.5) is 11.4 Å². The predicted octanol–water partition coefficient (Wildman–Crippen LogP) is 2.70. The number of carbonyl (C=O) groups excluding carboxylic acids is 2. The fourth-order valence-corrected chi connectivity index (χ4v) is 2.24. The molecule has 6 nitrogen and oxygen atoms in total. The maximum absolute atomic E-state index is 12.2. The summed E-state index contributed by atoms with van der Waals surface area (Å²) in [6, 6.07) is 14.1. The van der Waals surface area contributed by atoms with E-state index < -0.39 is 0 Å². The van der Waals surface area contributed by atoms with E-state index in [1.54, 1.807) is 30.3 Å². The summed E-state index contributed by atoms with van der Waals surface area (Å²) in [6.45, 7) is 1.31. The second-order valence-electron chi connectivity index (χ2n) is 5.06. The number of hydrogen-bond acceptors (Lipinski definition) is 4. The number of nitrogens with one attached hydrogen (secondary N) is 1. The van der Waals surface area contributed by atoms with E-state index in [-0.39, 0.29) is 18.4 Å². The van der Waals surface area contributed by atoms with Gasteiger partial charge in [0.2, 0.25) is 11.8 Å². The molecule has 24 heavy (non-hydrogen) atoms. The van der Waals surface area contributed by atoms with Crippen molar-refractivity contribution in [1.29, 1.82) is 0 Å². The van der Waals surface area contributed by atoms with Gasteiger partial charge in [0.25, 0.3) is 0 Å². The van der Waals surface area contributed by atoms with Crippen LogP contribution in [0.5, 0.6) is 11.5 Å². The molecule has 2 rings (SSSR count). The minimum absolute atomic E-state index is 0.0975. The molecule has 6 heteroatoms. The van der Waals surface area contributed by atoms with Crippen molar-refractivity contribution < 1.29 is 19.1 Å². The lowest BCUT2D eigenvalue weighted by Gasteiger charge is -2.22. The topological polar surface area (TPSA) is 67.9 Å². The lowest BCUT2D eigenvalue weighted by Crippen LogP contribution is -2.36. The Morgan fingerprint density at radius 1 is 1.00 bits per heavy atom. The molecular formula is C18H20N2O4. The van der Waals surface area contributed by atoms with Gasteiger partial charge < -0.3 is 19.7 Å². The molecule has 0 bridgehead atoms. The van der Waals surface area contributed by atoms with Gasteiger partial charge in [-0.05, 0) is 24.3 Å². The predicted molar refractivity (Wildman–Crippen MR) is 92.6 cm³/mol. The van der Waals surface area contributed by atoms with Crippen molar-refractivity contribution in [3.8, 4) is 11.5 Å². The molecule has 0 saturated heterocycles. The summed E-state index contributed by atoms with van der Waals surface area (Å²) in [5.74, 6) is 0.514. The Morgan fingerprint density at radius 2 is 1.67 bits per heavy atom. The maximum atomic E-state index is 12.2. The summed E-state index contributed by atoms with van der Waals surface area (Å²) >= 11 is 0. The second-order valence-corrected chi connectivity index (χ2v) is 5.06. The minimum Gasteiger partial charge on any atom is -0.493 e. The Morgan fingerprint density at radius 3 is 2.25 bits per heavy atom. The Hall–Kier alpha value is -3.02. The van der Waals surface area contributed by atoms with Gasteiger partial charge in [0.1, 0.15) is 6.54 Å². The number of ether oxygens (including phenoxy) is 2. The second kappa shape index (κ2) is 8.01. The number of rotatable bonds is 6. The molecule has 0 spiro atoms. The largest absolute Gasteiger partial charge is 0.493 e. The highest BCUT2D eigenvalue weighted by molar-refractivity contribution is 6.01. The summed E-state index contributed by atoms with van der Waals surface area (Å²) in [6.07, 6.45) is 0. The monoisotopic (exact) mass is 328 g/mol. The van der Waals surface area contributed by atoms with Gasteiger partial charge in [-0.15, -0.1) is 0 Å². The van der Waals surface area contributed by atoms with E-state index in [9.17, 15) is 9.59 Å². The third-order valence-corrected chi connectivity index (χ3v) is 3.42. The fourth-order valence-electron chi connectivity index (χ4n) is 2.24. The van der Waals surface area contributed by atoms with Gasteiger partial charge in [0, 0.05) is 24.4 Å². The normalized spacial score (nSPS) is 9.96. The van der Waals surface area contributed by atoms with Crippen molar-refractivity contribution in [2.24, 2.45) is 0 Å². The number of hydrogen-bond donors (Lipinski definition) is 1. The summed E-state index contributed by atoms with van der Waals surface area (Å²) in [5.41, 5.74) is 1.24. The first-order chi connectivity index (χ1) is 11.5. The van der Waals surface area contributed by atoms with Crippen LogP contribution in [0.2, 0.25) is 0 Å². The molecule has 2 aromatic rings. The third kappa shape index (κ3) is 4.25. The van der Waals surface area contributed by atoms with Gasteiger partial charge in [-0.2, -0.15) is 0 Å². The zero-order valence-corrected chi connectivity index (χ0v) is 13.9. The molecule has 0 atom stereocenters. The minimum atomic E-state index is -0.286. The van der Waals surface area contributed by atoms with E-state index in [0.717, 1.165) is 0 Å². The average molecular weight is 328 g/mol. The van der Waals surface area contributed by atoms with Crippen LogP contribution in [0.25, 0.3) is 0 Å². The molecule has 0 aliphatic heterocycles. The van der Waals surface area contributed by atoms with Crippen molar-refractivity contribution in [3.63, 3.8) is 0 Å². The summed E-state index contributed by atoms with van der Waals surface area (Å²) in [4.78, 5) is 25.6. The van der Waals surface area contributed by atoms with Gasteiger partial charge in [-0.1, -0.05) is 18.2 Å². The highest BCUT2D eigenvalue weighted by Crippen LogP contribution is 2.31. The Bertz CT molecular complexity index is 716. The van der Waals surface area contributed by atoms with Crippen molar-refractivity contribution in [2.75, 3.05) is 31.0 Å². The van der Waals surface area contributed by atoms with Gasteiger partial charge in [-0.25, -0.2) is 0 Å². The van der Waals surface area contributed by atoms with Crippen LogP contribution in [-0.4, -0.2) is 32.6 Å². The van der Waals surface area contributed by atoms with E-state index in [4.69, 9.17) is 9.47 Å². The number of anilines is 2. The van der Waals surface area contributed by atoms with E-state index in [1.165, 1.54) is 26.0 Å². The maximum Gasteiger partial charge on any atom is 0.244 e. The molecule has 0 saturated carbocycles. The quantitative estimate of drug-likeness (QED) is 0.885. The lowest BCUT2D eigenvalue weighted by molar-refractivity contribution is -0.120. The molecule has 0 unspecified atom stereocenters. The Balaban J connectivity index is 2.17. The van der Waals surface area contributed by atoms with E-state index in [2.05, 4.69) is 5.32 Å². The highest BCUT2D eigenvalue weighted by Gasteiger charge is 2.18. The van der Waals surface area contributed by atoms with Crippen molar-refractivity contribution in [2.45, 2.75) is 6.92 Å². The summed E-state index contributed by atoms with van der Waals surface area (Å²) in [5, 5.41) is 2.76. The van der Waals surface area contributed by atoms with Gasteiger partial charge in [0.15, 0.2) is 11.5 Å². The van der Waals surface area contributed by atoms with Crippen LogP contribution in [-0.2, 0) is 9.59 Å². The van der Waals surface area contributed by atoms with Crippen LogP contribution < -0.4 is 19.7 Å². The SMILES string of the molecule is COc1ccc(N(CC(=O)Nc2ccccc2)C(C)=O)cc1OC. The molecule has 0 heterocycles. The Labute approximate surface area is 141 Å². The summed E-state index contributed by atoms with van der Waals surface area (Å²) in [7, 11) is 3.05. The van der Waals surface area contributed by atoms with Gasteiger partial charge >= 0.3 is 0 Å². The number of para-hydroxylation sites is 1. The van der Waals surface area contributed by atoms with Crippen molar-refractivity contribution in [3.05, 3.63) is 48.5 Å². The van der Waals surface area contributed by atoms with E-state index >= 15 is 0 Å². The number of benzene rings is 2. The zero-order chi connectivity index (χ0) is 17.5. The molecule has 2 amide bonds. The fraction of sp³-hybridized carbons (Fsp3) is 0.222. The number of amides is 2. The molecule has 126 valence electrons. The van der Waals surface area contributed by atoms with Gasteiger partial charge in [-0.3, -0.25) is 9.59 Å². The van der Waals surface area contributed by atoms with Crippen LogP contribution in [0.1, 0.15) is 6.92 Å². The molecule has 2 aromatic carbocycles. The first kappa shape index (κ1) is 17.3. The van der Waals surface area contributed by atoms with Crippen LogP contribution in [0, 0.1) is 0 Å². The van der Waals surface area contributed by atoms with Crippen LogP contribution in [0.3, 0.4) is 0 Å². The first-order valence-electron chi connectivity index (χ1n) is 7.40. The summed E-state index contributed by atoms with van der Waals surface area (Å²) < 4.78 is 10.4. The zero-order valence-electron chi connectivity index (χ0n) is 13.9. The van der Waals surface area contributed by atoms with Gasteiger partial charge in [0.05, 0.1) is 14.2 Å². The molecule has 0 fully saturated rings. The molecule has 0 aromatic heterocycles. The van der Waals surface area contributed by atoms with E-state index in [0.29, 0.717) is 22.9 Å². The Kier molecular flexibility index (Phi) is 5.78. The molecule has 0 aliphatic rings. The van der Waals surface area contributed by atoms with E-state index in [1.807, 2.05) is 18.2 Å². The molecular weight excluding hydrogens is 308 g/mol. The average Bonchev–Trinajstić information content (AvgIpc) is 2.59. The smallest absolute Gasteiger partial charge is 0.244 e.